The van der Waals surface area contributed by atoms with Crippen LogP contribution in [0.25, 0.3) is 0 Å². The van der Waals surface area contributed by atoms with Crippen molar-refractivity contribution in [2.45, 2.75) is 19.1 Å². The van der Waals surface area contributed by atoms with Gasteiger partial charge in [-0.2, -0.15) is 8.78 Å². The molecule has 112 valence electrons. The Morgan fingerprint density at radius 1 is 1.10 bits per heavy atom. The maximum atomic E-state index is 13.0. The Hall–Kier alpha value is -1.72. The maximum Gasteiger partial charge on any atom is 0.387 e. The van der Waals surface area contributed by atoms with Crippen molar-refractivity contribution in [3.05, 3.63) is 64.4 Å². The second-order valence-electron chi connectivity index (χ2n) is 4.49. The first-order chi connectivity index (χ1) is 9.95. The minimum Gasteiger partial charge on any atom is -0.435 e. The van der Waals surface area contributed by atoms with Crippen LogP contribution in [0.1, 0.15) is 17.2 Å². The van der Waals surface area contributed by atoms with Crippen molar-refractivity contribution < 1.29 is 17.9 Å². The average Bonchev–Trinajstić information content (AvgIpc) is 2.42. The molecule has 2 N–H and O–H groups in total. The number of hydrogen-bond acceptors (Lipinski definition) is 2. The topological polar surface area (TPSA) is 35.2 Å². The van der Waals surface area contributed by atoms with Gasteiger partial charge in [-0.15, -0.1) is 0 Å². The Balaban J connectivity index is 2.07. The summed E-state index contributed by atoms with van der Waals surface area (Å²) in [5.41, 5.74) is 7.51. The van der Waals surface area contributed by atoms with E-state index >= 15 is 0 Å². The maximum absolute atomic E-state index is 13.0. The number of ether oxygens (including phenoxy) is 1. The molecule has 0 aliphatic rings. The van der Waals surface area contributed by atoms with E-state index in [0.717, 1.165) is 11.1 Å². The van der Waals surface area contributed by atoms with Gasteiger partial charge in [0, 0.05) is 11.1 Å². The second-order valence-corrected chi connectivity index (χ2v) is 4.90. The van der Waals surface area contributed by atoms with E-state index < -0.39 is 12.4 Å². The molecule has 1 unspecified atom stereocenters. The predicted molar refractivity (Wildman–Crippen MR) is 75.1 cm³/mol. The summed E-state index contributed by atoms with van der Waals surface area (Å²) >= 11 is 5.94. The summed E-state index contributed by atoms with van der Waals surface area (Å²) in [6.07, 6.45) is 0.411. The minimum absolute atomic E-state index is 0.0702. The number of alkyl halides is 2. The molecule has 0 radical (unpaired) electrons. The predicted octanol–water partition coefficient (Wildman–Crippen LogP) is 4.32. The largest absolute Gasteiger partial charge is 0.435 e. The molecule has 2 aromatic rings. The van der Waals surface area contributed by atoms with E-state index in [1.807, 2.05) is 0 Å². The third kappa shape index (κ3) is 4.37. The highest BCUT2D eigenvalue weighted by atomic mass is 35.5. The van der Waals surface area contributed by atoms with Gasteiger partial charge in [0.2, 0.25) is 0 Å². The molecule has 2 aromatic carbocycles. The lowest BCUT2D eigenvalue weighted by Gasteiger charge is -2.14. The fourth-order valence-electron chi connectivity index (χ4n) is 1.94. The molecule has 2 nitrogen and oxygen atoms in total. The molecule has 2 rings (SSSR count). The molecule has 21 heavy (non-hydrogen) atoms. The Morgan fingerprint density at radius 2 is 1.76 bits per heavy atom. The number of halogens is 4. The van der Waals surface area contributed by atoms with Gasteiger partial charge in [-0.3, -0.25) is 0 Å². The molecule has 0 aliphatic carbocycles. The fourth-order valence-corrected chi connectivity index (χ4v) is 2.18. The van der Waals surface area contributed by atoms with Crippen molar-refractivity contribution in [1.29, 1.82) is 0 Å². The Bertz CT molecular complexity index is 604. The van der Waals surface area contributed by atoms with Crippen LogP contribution in [0.5, 0.6) is 5.75 Å². The van der Waals surface area contributed by atoms with Crippen LogP contribution in [0.3, 0.4) is 0 Å². The standard InChI is InChI=1S/C15H13ClF3NO/c16-13-8-11(17)4-1-10(13)7-14(20)9-2-5-12(6-3-9)21-15(18)19/h1-6,8,14-15H,7,20H2. The molecule has 0 bridgehead atoms. The van der Waals surface area contributed by atoms with Crippen molar-refractivity contribution in [2.75, 3.05) is 0 Å². The third-order valence-electron chi connectivity index (χ3n) is 2.99. The van der Waals surface area contributed by atoms with Crippen molar-refractivity contribution in [3.8, 4) is 5.75 Å². The van der Waals surface area contributed by atoms with Crippen LogP contribution in [0.15, 0.2) is 42.5 Å². The van der Waals surface area contributed by atoms with E-state index in [0.29, 0.717) is 11.4 Å². The van der Waals surface area contributed by atoms with E-state index in [9.17, 15) is 13.2 Å². The van der Waals surface area contributed by atoms with Gasteiger partial charge in [-0.05, 0) is 41.8 Å². The summed E-state index contributed by atoms with van der Waals surface area (Å²) in [6, 6.07) is 9.80. The molecule has 1 atom stereocenters. The quantitative estimate of drug-likeness (QED) is 0.891. The summed E-state index contributed by atoms with van der Waals surface area (Å²) < 4.78 is 41.3. The molecule has 0 amide bonds. The molecular formula is C15H13ClF3NO. The van der Waals surface area contributed by atoms with Crippen LogP contribution in [-0.2, 0) is 6.42 Å². The fraction of sp³-hybridized carbons (Fsp3) is 0.200. The first-order valence-corrected chi connectivity index (χ1v) is 6.58. The molecule has 0 aromatic heterocycles. The lowest BCUT2D eigenvalue weighted by molar-refractivity contribution is -0.0498. The number of nitrogens with two attached hydrogens (primary N) is 1. The van der Waals surface area contributed by atoms with E-state index in [4.69, 9.17) is 17.3 Å². The monoisotopic (exact) mass is 315 g/mol. The van der Waals surface area contributed by atoms with Crippen LogP contribution in [-0.4, -0.2) is 6.61 Å². The molecule has 0 aliphatic heterocycles. The molecule has 0 spiro atoms. The average molecular weight is 316 g/mol. The Kier molecular flexibility index (Phi) is 5.09. The lowest BCUT2D eigenvalue weighted by Crippen LogP contribution is -2.13. The number of hydrogen-bond donors (Lipinski definition) is 1. The van der Waals surface area contributed by atoms with Crippen LogP contribution in [0, 0.1) is 5.82 Å². The van der Waals surface area contributed by atoms with Gasteiger partial charge < -0.3 is 10.5 Å². The van der Waals surface area contributed by atoms with Crippen molar-refractivity contribution >= 4 is 11.6 Å². The van der Waals surface area contributed by atoms with E-state index in [-0.39, 0.29) is 11.8 Å². The summed E-state index contributed by atoms with van der Waals surface area (Å²) in [6.45, 7) is -2.86. The Labute approximate surface area is 125 Å². The van der Waals surface area contributed by atoms with Gasteiger partial charge in [0.1, 0.15) is 11.6 Å². The van der Waals surface area contributed by atoms with E-state index in [1.54, 1.807) is 18.2 Å². The van der Waals surface area contributed by atoms with Crippen LogP contribution in [0.4, 0.5) is 13.2 Å². The van der Waals surface area contributed by atoms with E-state index in [1.165, 1.54) is 24.3 Å². The smallest absolute Gasteiger partial charge is 0.387 e. The zero-order valence-electron chi connectivity index (χ0n) is 10.9. The summed E-state index contributed by atoms with van der Waals surface area (Å²) in [5.74, 6) is -0.341. The normalized spacial score (nSPS) is 12.5. The van der Waals surface area contributed by atoms with Gasteiger partial charge in [0.25, 0.3) is 0 Å². The number of benzene rings is 2. The highest BCUT2D eigenvalue weighted by Gasteiger charge is 2.11. The molecule has 0 fully saturated rings. The molecular weight excluding hydrogens is 303 g/mol. The zero-order chi connectivity index (χ0) is 15.4. The zero-order valence-corrected chi connectivity index (χ0v) is 11.7. The van der Waals surface area contributed by atoms with Crippen molar-refractivity contribution in [3.63, 3.8) is 0 Å². The Morgan fingerprint density at radius 3 is 2.33 bits per heavy atom. The first kappa shape index (κ1) is 15.7. The van der Waals surface area contributed by atoms with E-state index in [2.05, 4.69) is 4.74 Å². The highest BCUT2D eigenvalue weighted by molar-refractivity contribution is 6.31. The van der Waals surface area contributed by atoms with Crippen molar-refractivity contribution in [2.24, 2.45) is 5.73 Å². The van der Waals surface area contributed by atoms with Crippen LogP contribution in [0.2, 0.25) is 5.02 Å². The lowest BCUT2D eigenvalue weighted by atomic mass is 9.99. The minimum atomic E-state index is -2.86. The molecule has 6 heteroatoms. The van der Waals surface area contributed by atoms with Gasteiger partial charge >= 0.3 is 6.61 Å². The van der Waals surface area contributed by atoms with Crippen molar-refractivity contribution in [1.82, 2.24) is 0 Å². The SMILES string of the molecule is NC(Cc1ccc(F)cc1Cl)c1ccc(OC(F)F)cc1. The molecule has 0 saturated carbocycles. The van der Waals surface area contributed by atoms with Gasteiger partial charge in [-0.25, -0.2) is 4.39 Å². The molecule has 0 saturated heterocycles. The third-order valence-corrected chi connectivity index (χ3v) is 3.34. The van der Waals surface area contributed by atoms with Crippen LogP contribution >= 0.6 is 11.6 Å². The van der Waals surface area contributed by atoms with Gasteiger partial charge in [0.15, 0.2) is 0 Å². The summed E-state index contributed by atoms with van der Waals surface area (Å²) in [5, 5.41) is 0.308. The number of rotatable bonds is 5. The highest BCUT2D eigenvalue weighted by Crippen LogP contribution is 2.24. The molecule has 0 heterocycles. The summed E-state index contributed by atoms with van der Waals surface area (Å²) in [7, 11) is 0. The van der Waals surface area contributed by atoms with Gasteiger partial charge in [-0.1, -0.05) is 29.8 Å². The second kappa shape index (κ2) is 6.83. The van der Waals surface area contributed by atoms with Gasteiger partial charge in [0.05, 0.1) is 0 Å². The van der Waals surface area contributed by atoms with Crippen LogP contribution < -0.4 is 10.5 Å². The first-order valence-electron chi connectivity index (χ1n) is 6.20. The summed E-state index contributed by atoms with van der Waals surface area (Å²) in [4.78, 5) is 0.